The standard InChI is InChI=1S/C19H17N5O2S/c25-16(22-19-24-23-17(27-19)13-6-7-13)12-8-10-15(11-9-12)21-18(26)20-14-4-2-1-3-5-14/h1-5,8-11,13H,6-7H2,(H2,20,21,26)(H,22,24,25). The molecule has 4 rings (SSSR count). The van der Waals surface area contributed by atoms with E-state index in [0.29, 0.717) is 28.0 Å². The maximum absolute atomic E-state index is 12.3. The zero-order chi connectivity index (χ0) is 18.6. The van der Waals surface area contributed by atoms with Gasteiger partial charge in [0.25, 0.3) is 5.91 Å². The van der Waals surface area contributed by atoms with Crippen molar-refractivity contribution in [1.29, 1.82) is 0 Å². The van der Waals surface area contributed by atoms with Gasteiger partial charge in [0, 0.05) is 22.9 Å². The molecule has 1 aromatic heterocycles. The molecule has 0 atom stereocenters. The van der Waals surface area contributed by atoms with Crippen LogP contribution in [-0.2, 0) is 0 Å². The summed E-state index contributed by atoms with van der Waals surface area (Å²) in [4.78, 5) is 24.3. The Labute approximate surface area is 159 Å². The molecule has 1 fully saturated rings. The number of nitrogens with one attached hydrogen (secondary N) is 3. The van der Waals surface area contributed by atoms with Crippen molar-refractivity contribution in [2.75, 3.05) is 16.0 Å². The number of carbonyl (C=O) groups is 2. The molecule has 8 heteroatoms. The lowest BCUT2D eigenvalue weighted by Gasteiger charge is -2.08. The Morgan fingerprint density at radius 3 is 2.19 bits per heavy atom. The molecule has 1 saturated carbocycles. The maximum atomic E-state index is 12.3. The molecule has 0 saturated heterocycles. The van der Waals surface area contributed by atoms with E-state index in [4.69, 9.17) is 0 Å². The van der Waals surface area contributed by atoms with Crippen LogP contribution in [0.15, 0.2) is 54.6 Å². The molecule has 0 bridgehead atoms. The third-order valence-electron chi connectivity index (χ3n) is 4.02. The summed E-state index contributed by atoms with van der Waals surface area (Å²) < 4.78 is 0. The van der Waals surface area contributed by atoms with Gasteiger partial charge in [-0.3, -0.25) is 10.1 Å². The molecule has 1 aliphatic carbocycles. The molecule has 0 unspecified atom stereocenters. The predicted molar refractivity (Wildman–Crippen MR) is 105 cm³/mol. The van der Waals surface area contributed by atoms with Crippen molar-refractivity contribution < 1.29 is 9.59 Å². The average Bonchev–Trinajstić information content (AvgIpc) is 3.42. The predicted octanol–water partition coefficient (Wildman–Crippen LogP) is 4.31. The summed E-state index contributed by atoms with van der Waals surface area (Å²) in [7, 11) is 0. The fourth-order valence-electron chi connectivity index (χ4n) is 2.47. The number of amides is 3. The van der Waals surface area contributed by atoms with Crippen LogP contribution in [0.5, 0.6) is 0 Å². The van der Waals surface area contributed by atoms with Gasteiger partial charge in [0.1, 0.15) is 5.01 Å². The van der Waals surface area contributed by atoms with Crippen molar-refractivity contribution in [2.45, 2.75) is 18.8 Å². The minimum atomic E-state index is -0.347. The molecule has 7 nitrogen and oxygen atoms in total. The Bertz CT molecular complexity index is 952. The van der Waals surface area contributed by atoms with E-state index in [2.05, 4.69) is 26.1 Å². The van der Waals surface area contributed by atoms with Crippen LogP contribution in [0.25, 0.3) is 0 Å². The summed E-state index contributed by atoms with van der Waals surface area (Å²) in [6.07, 6.45) is 2.30. The zero-order valence-electron chi connectivity index (χ0n) is 14.3. The number of nitrogens with zero attached hydrogens (tertiary/aromatic N) is 2. The van der Waals surface area contributed by atoms with Crippen molar-refractivity contribution in [2.24, 2.45) is 0 Å². The van der Waals surface area contributed by atoms with Crippen molar-refractivity contribution in [3.8, 4) is 0 Å². The smallest absolute Gasteiger partial charge is 0.308 e. The van der Waals surface area contributed by atoms with Gasteiger partial charge >= 0.3 is 6.03 Å². The van der Waals surface area contributed by atoms with Crippen LogP contribution < -0.4 is 16.0 Å². The molecule has 3 aromatic rings. The number of para-hydroxylation sites is 1. The number of rotatable bonds is 5. The lowest BCUT2D eigenvalue weighted by atomic mass is 10.2. The van der Waals surface area contributed by atoms with Crippen molar-refractivity contribution in [3.05, 3.63) is 65.2 Å². The van der Waals surface area contributed by atoms with Crippen LogP contribution in [0.1, 0.15) is 34.1 Å². The van der Waals surface area contributed by atoms with Gasteiger partial charge in [0.15, 0.2) is 0 Å². The van der Waals surface area contributed by atoms with Crippen molar-refractivity contribution in [1.82, 2.24) is 10.2 Å². The number of urea groups is 1. The fraction of sp³-hybridized carbons (Fsp3) is 0.158. The SMILES string of the molecule is O=C(Nc1ccccc1)Nc1ccc(C(=O)Nc2nnc(C3CC3)s2)cc1. The van der Waals surface area contributed by atoms with Crippen LogP contribution in [0.4, 0.5) is 21.3 Å². The minimum absolute atomic E-state index is 0.256. The summed E-state index contributed by atoms with van der Waals surface area (Å²) in [6.45, 7) is 0. The lowest BCUT2D eigenvalue weighted by molar-refractivity contribution is 0.102. The highest BCUT2D eigenvalue weighted by molar-refractivity contribution is 7.15. The number of aromatic nitrogens is 2. The molecule has 1 heterocycles. The summed E-state index contributed by atoms with van der Waals surface area (Å²) in [6, 6.07) is 15.5. The van der Waals surface area contributed by atoms with Gasteiger partial charge in [-0.1, -0.05) is 29.5 Å². The van der Waals surface area contributed by atoms with E-state index in [1.807, 2.05) is 18.2 Å². The molecule has 0 aliphatic heterocycles. The minimum Gasteiger partial charge on any atom is -0.308 e. The molecular formula is C19H17N5O2S. The molecule has 0 spiro atoms. The first-order chi connectivity index (χ1) is 13.2. The molecule has 1 aliphatic rings. The van der Waals surface area contributed by atoms with E-state index in [0.717, 1.165) is 17.8 Å². The first-order valence-electron chi connectivity index (χ1n) is 8.55. The highest BCUT2D eigenvalue weighted by Crippen LogP contribution is 2.42. The molecule has 27 heavy (non-hydrogen) atoms. The normalized spacial score (nSPS) is 13.0. The molecular weight excluding hydrogens is 362 g/mol. The van der Waals surface area contributed by atoms with Gasteiger partial charge in [0.05, 0.1) is 0 Å². The quantitative estimate of drug-likeness (QED) is 0.615. The number of carbonyl (C=O) groups excluding carboxylic acids is 2. The Kier molecular flexibility index (Phi) is 4.80. The molecule has 3 N–H and O–H groups in total. The largest absolute Gasteiger partial charge is 0.323 e. The van der Waals surface area contributed by atoms with E-state index in [9.17, 15) is 9.59 Å². The highest BCUT2D eigenvalue weighted by Gasteiger charge is 2.27. The van der Waals surface area contributed by atoms with Gasteiger partial charge in [0.2, 0.25) is 5.13 Å². The van der Waals surface area contributed by atoms with E-state index in [1.165, 1.54) is 11.3 Å². The Morgan fingerprint density at radius 2 is 1.52 bits per heavy atom. The summed E-state index contributed by atoms with van der Waals surface area (Å²) >= 11 is 1.42. The van der Waals surface area contributed by atoms with Gasteiger partial charge < -0.3 is 10.6 Å². The monoisotopic (exact) mass is 379 g/mol. The van der Waals surface area contributed by atoms with E-state index < -0.39 is 0 Å². The molecule has 2 aromatic carbocycles. The first kappa shape index (κ1) is 17.2. The summed E-state index contributed by atoms with van der Waals surface area (Å²) in [5, 5.41) is 17.8. The second-order valence-corrected chi connectivity index (χ2v) is 7.21. The van der Waals surface area contributed by atoms with E-state index >= 15 is 0 Å². The Hall–Kier alpha value is -3.26. The molecule has 3 amide bonds. The topological polar surface area (TPSA) is 96.0 Å². The van der Waals surface area contributed by atoms with Crippen LogP contribution in [-0.4, -0.2) is 22.1 Å². The number of benzene rings is 2. The van der Waals surface area contributed by atoms with E-state index in [1.54, 1.807) is 36.4 Å². The third-order valence-corrected chi connectivity index (χ3v) is 5.03. The zero-order valence-corrected chi connectivity index (χ0v) is 15.1. The van der Waals surface area contributed by atoms with Gasteiger partial charge in [-0.25, -0.2) is 4.79 Å². The van der Waals surface area contributed by atoms with Crippen molar-refractivity contribution >= 4 is 39.8 Å². The lowest BCUT2D eigenvalue weighted by Crippen LogP contribution is -2.19. The Morgan fingerprint density at radius 1 is 0.852 bits per heavy atom. The van der Waals surface area contributed by atoms with Crippen LogP contribution in [0.3, 0.4) is 0 Å². The molecule has 0 radical (unpaired) electrons. The third kappa shape index (κ3) is 4.48. The average molecular weight is 379 g/mol. The van der Waals surface area contributed by atoms with Gasteiger partial charge in [-0.05, 0) is 49.2 Å². The second-order valence-electron chi connectivity index (χ2n) is 6.20. The second kappa shape index (κ2) is 7.55. The fourth-order valence-corrected chi connectivity index (χ4v) is 3.38. The number of hydrogen-bond acceptors (Lipinski definition) is 5. The summed E-state index contributed by atoms with van der Waals surface area (Å²) in [5.41, 5.74) is 1.77. The number of anilines is 3. The van der Waals surface area contributed by atoms with Crippen molar-refractivity contribution in [3.63, 3.8) is 0 Å². The molecule has 136 valence electrons. The first-order valence-corrected chi connectivity index (χ1v) is 9.37. The van der Waals surface area contributed by atoms with Gasteiger partial charge in [-0.15, -0.1) is 10.2 Å². The summed E-state index contributed by atoms with van der Waals surface area (Å²) in [5.74, 6) is 0.259. The van der Waals surface area contributed by atoms with E-state index in [-0.39, 0.29) is 11.9 Å². The van der Waals surface area contributed by atoms with Gasteiger partial charge in [-0.2, -0.15) is 0 Å². The number of hydrogen-bond donors (Lipinski definition) is 3. The Balaban J connectivity index is 1.33. The van der Waals surface area contributed by atoms with Crippen LogP contribution in [0.2, 0.25) is 0 Å². The highest BCUT2D eigenvalue weighted by atomic mass is 32.1. The van der Waals surface area contributed by atoms with Crippen LogP contribution in [0, 0.1) is 0 Å². The van der Waals surface area contributed by atoms with Crippen LogP contribution >= 0.6 is 11.3 Å². The maximum Gasteiger partial charge on any atom is 0.323 e.